The summed E-state index contributed by atoms with van der Waals surface area (Å²) in [6.45, 7) is 0.918. The second-order valence-corrected chi connectivity index (χ2v) is 5.07. The topological polar surface area (TPSA) is 127 Å². The van der Waals surface area contributed by atoms with Crippen LogP contribution in [-0.2, 0) is 4.79 Å². The first kappa shape index (κ1) is 15.0. The highest BCUT2D eigenvalue weighted by Crippen LogP contribution is 2.16. The zero-order valence-corrected chi connectivity index (χ0v) is 11.5. The van der Waals surface area contributed by atoms with E-state index in [1.165, 1.54) is 18.2 Å². The summed E-state index contributed by atoms with van der Waals surface area (Å²) in [5, 5.41) is 5.89. The largest absolute Gasteiger partial charge is 0.366 e. The molecule has 0 aliphatic carbocycles. The Morgan fingerprint density at radius 2 is 1.76 bits per heavy atom. The summed E-state index contributed by atoms with van der Waals surface area (Å²) < 4.78 is 0. The summed E-state index contributed by atoms with van der Waals surface area (Å²) in [6, 6.07) is 4.32. The van der Waals surface area contributed by atoms with E-state index in [9.17, 15) is 14.4 Å². The number of rotatable bonds is 5. The van der Waals surface area contributed by atoms with Crippen LogP contribution < -0.4 is 22.1 Å². The minimum Gasteiger partial charge on any atom is -0.366 e. The molecule has 1 aliphatic rings. The minimum absolute atomic E-state index is 0.126. The van der Waals surface area contributed by atoms with E-state index in [0.29, 0.717) is 12.1 Å². The molecule has 1 atom stereocenters. The van der Waals surface area contributed by atoms with Gasteiger partial charge in [0.1, 0.15) is 0 Å². The summed E-state index contributed by atoms with van der Waals surface area (Å²) in [6.07, 6.45) is 2.36. The molecule has 0 aromatic heterocycles. The average Bonchev–Trinajstić information content (AvgIpc) is 2.90. The molecule has 2 rings (SSSR count). The molecule has 0 spiro atoms. The summed E-state index contributed by atoms with van der Waals surface area (Å²) in [4.78, 5) is 34.4. The summed E-state index contributed by atoms with van der Waals surface area (Å²) in [5.41, 5.74) is 11.0. The maximum absolute atomic E-state index is 11.9. The first-order valence-electron chi connectivity index (χ1n) is 6.73. The number of benzene rings is 1. The van der Waals surface area contributed by atoms with Crippen molar-refractivity contribution in [2.45, 2.75) is 25.3 Å². The van der Waals surface area contributed by atoms with Gasteiger partial charge in [-0.3, -0.25) is 14.4 Å². The molecule has 21 heavy (non-hydrogen) atoms. The zero-order valence-electron chi connectivity index (χ0n) is 11.5. The van der Waals surface area contributed by atoms with Gasteiger partial charge in [0.2, 0.25) is 17.7 Å². The Kier molecular flexibility index (Phi) is 4.54. The predicted molar refractivity (Wildman–Crippen MR) is 77.7 cm³/mol. The van der Waals surface area contributed by atoms with Gasteiger partial charge in [0.05, 0.1) is 0 Å². The number of carbonyl (C=O) groups excluding carboxylic acids is 3. The molecule has 1 unspecified atom stereocenters. The fraction of sp³-hybridized carbons (Fsp3) is 0.357. The molecule has 0 radical (unpaired) electrons. The normalized spacial score (nSPS) is 17.4. The molecule has 1 aromatic carbocycles. The van der Waals surface area contributed by atoms with Crippen molar-refractivity contribution in [1.82, 2.24) is 5.32 Å². The number of primary amides is 2. The number of nitrogens with one attached hydrogen (secondary N) is 2. The molecule has 112 valence electrons. The van der Waals surface area contributed by atoms with Crippen LogP contribution in [0.15, 0.2) is 18.2 Å². The fourth-order valence-electron chi connectivity index (χ4n) is 2.35. The lowest BCUT2D eigenvalue weighted by atomic mass is 10.1. The van der Waals surface area contributed by atoms with Crippen molar-refractivity contribution in [3.63, 3.8) is 0 Å². The molecule has 6 N–H and O–H groups in total. The second-order valence-electron chi connectivity index (χ2n) is 5.07. The second kappa shape index (κ2) is 6.36. The molecule has 7 heteroatoms. The van der Waals surface area contributed by atoms with Crippen molar-refractivity contribution < 1.29 is 14.4 Å². The van der Waals surface area contributed by atoms with E-state index in [1.807, 2.05) is 0 Å². The molecule has 0 bridgehead atoms. The number of anilines is 1. The van der Waals surface area contributed by atoms with Crippen molar-refractivity contribution in [2.24, 2.45) is 11.5 Å². The summed E-state index contributed by atoms with van der Waals surface area (Å²) >= 11 is 0. The van der Waals surface area contributed by atoms with E-state index in [0.717, 1.165) is 19.4 Å². The van der Waals surface area contributed by atoms with Gasteiger partial charge in [0.25, 0.3) is 0 Å². The Labute approximate surface area is 122 Å². The standard InChI is InChI=1S/C14H18N4O3/c15-13(20)8-4-9(14(16)21)6-11(5-8)18-12(19)7-10-2-1-3-17-10/h4-6,10,17H,1-3,7H2,(H2,15,20)(H2,16,21)(H,18,19). The molecule has 1 heterocycles. The molecule has 3 amide bonds. The molecule has 1 aliphatic heterocycles. The van der Waals surface area contributed by atoms with Gasteiger partial charge in [0, 0.05) is 29.3 Å². The molecule has 0 saturated carbocycles. The van der Waals surface area contributed by atoms with Gasteiger partial charge in [-0.25, -0.2) is 0 Å². The molecule has 1 saturated heterocycles. The van der Waals surface area contributed by atoms with Crippen molar-refractivity contribution >= 4 is 23.4 Å². The van der Waals surface area contributed by atoms with Crippen molar-refractivity contribution in [1.29, 1.82) is 0 Å². The highest BCUT2D eigenvalue weighted by molar-refractivity contribution is 6.01. The van der Waals surface area contributed by atoms with Gasteiger partial charge < -0.3 is 22.1 Å². The summed E-state index contributed by atoms with van der Waals surface area (Å²) in [7, 11) is 0. The lowest BCUT2D eigenvalue weighted by Gasteiger charge is -2.11. The van der Waals surface area contributed by atoms with Crippen LogP contribution in [0.2, 0.25) is 0 Å². The molecular weight excluding hydrogens is 272 g/mol. The van der Waals surface area contributed by atoms with Crippen LogP contribution in [-0.4, -0.2) is 30.3 Å². The number of nitrogens with two attached hydrogens (primary N) is 2. The highest BCUT2D eigenvalue weighted by atomic mass is 16.2. The quantitative estimate of drug-likeness (QED) is 0.607. The highest BCUT2D eigenvalue weighted by Gasteiger charge is 2.18. The maximum atomic E-state index is 11.9. The zero-order chi connectivity index (χ0) is 15.4. The van der Waals surface area contributed by atoms with Crippen molar-refractivity contribution in [2.75, 3.05) is 11.9 Å². The van der Waals surface area contributed by atoms with Gasteiger partial charge in [-0.05, 0) is 37.6 Å². The van der Waals surface area contributed by atoms with E-state index in [2.05, 4.69) is 10.6 Å². The number of carbonyl (C=O) groups is 3. The van der Waals surface area contributed by atoms with Gasteiger partial charge in [0.15, 0.2) is 0 Å². The van der Waals surface area contributed by atoms with Gasteiger partial charge in [-0.2, -0.15) is 0 Å². The minimum atomic E-state index is -0.689. The molecule has 1 fully saturated rings. The van der Waals surface area contributed by atoms with Crippen LogP contribution in [0.1, 0.15) is 40.0 Å². The van der Waals surface area contributed by atoms with Gasteiger partial charge in [-0.1, -0.05) is 0 Å². The van der Waals surface area contributed by atoms with E-state index in [1.54, 1.807) is 0 Å². The average molecular weight is 290 g/mol. The first-order chi connectivity index (χ1) is 9.95. The summed E-state index contributed by atoms with van der Waals surface area (Å²) in [5.74, 6) is -1.57. The number of hydrogen-bond donors (Lipinski definition) is 4. The van der Waals surface area contributed by atoms with E-state index in [4.69, 9.17) is 11.5 Å². The van der Waals surface area contributed by atoms with Crippen LogP contribution in [0.3, 0.4) is 0 Å². The third kappa shape index (κ3) is 4.03. The smallest absolute Gasteiger partial charge is 0.248 e. The number of hydrogen-bond acceptors (Lipinski definition) is 4. The Balaban J connectivity index is 2.12. The lowest BCUT2D eigenvalue weighted by molar-refractivity contribution is -0.116. The SMILES string of the molecule is NC(=O)c1cc(NC(=O)CC2CCCN2)cc(C(N)=O)c1. The molecule has 7 nitrogen and oxygen atoms in total. The monoisotopic (exact) mass is 290 g/mol. The van der Waals surface area contributed by atoms with E-state index < -0.39 is 11.8 Å². The Bertz CT molecular complexity index is 547. The Morgan fingerprint density at radius 3 is 2.24 bits per heavy atom. The van der Waals surface area contributed by atoms with Crippen LogP contribution in [0.5, 0.6) is 0 Å². The van der Waals surface area contributed by atoms with Crippen LogP contribution >= 0.6 is 0 Å². The van der Waals surface area contributed by atoms with Crippen LogP contribution in [0.4, 0.5) is 5.69 Å². The molecular formula is C14H18N4O3. The Morgan fingerprint density at radius 1 is 1.14 bits per heavy atom. The van der Waals surface area contributed by atoms with Crippen LogP contribution in [0.25, 0.3) is 0 Å². The van der Waals surface area contributed by atoms with Gasteiger partial charge in [-0.15, -0.1) is 0 Å². The molecule has 1 aromatic rings. The van der Waals surface area contributed by atoms with E-state index >= 15 is 0 Å². The Hall–Kier alpha value is -2.41. The van der Waals surface area contributed by atoms with Crippen molar-refractivity contribution in [3.8, 4) is 0 Å². The van der Waals surface area contributed by atoms with Crippen molar-refractivity contribution in [3.05, 3.63) is 29.3 Å². The lowest BCUT2D eigenvalue weighted by Crippen LogP contribution is -2.27. The first-order valence-corrected chi connectivity index (χ1v) is 6.73. The van der Waals surface area contributed by atoms with Gasteiger partial charge >= 0.3 is 0 Å². The third-order valence-electron chi connectivity index (χ3n) is 3.38. The third-order valence-corrected chi connectivity index (χ3v) is 3.38. The van der Waals surface area contributed by atoms with Crippen LogP contribution in [0, 0.1) is 0 Å². The number of amides is 3. The van der Waals surface area contributed by atoms with E-state index in [-0.39, 0.29) is 23.1 Å². The maximum Gasteiger partial charge on any atom is 0.248 e. The predicted octanol–water partition coefficient (Wildman–Crippen LogP) is -0.0350. The fourth-order valence-corrected chi connectivity index (χ4v) is 2.35.